The average molecular weight is 346 g/mol. The van der Waals surface area contributed by atoms with Crippen molar-refractivity contribution in [3.63, 3.8) is 0 Å². The van der Waals surface area contributed by atoms with Gasteiger partial charge in [0, 0.05) is 38.8 Å². The van der Waals surface area contributed by atoms with Crippen LogP contribution in [0.1, 0.15) is 40.0 Å². The van der Waals surface area contributed by atoms with Crippen molar-refractivity contribution in [2.45, 2.75) is 40.0 Å². The first-order chi connectivity index (χ1) is 11.6. The van der Waals surface area contributed by atoms with Gasteiger partial charge in [0.2, 0.25) is 11.8 Å². The molecule has 0 aliphatic carbocycles. The van der Waals surface area contributed by atoms with Crippen molar-refractivity contribution >= 4 is 11.8 Å². The topological polar surface area (TPSA) is 85.9 Å². The molecule has 0 aromatic rings. The molecule has 2 N–H and O–H groups in total. The zero-order chi connectivity index (χ0) is 18.0. The van der Waals surface area contributed by atoms with Crippen LogP contribution in [0.3, 0.4) is 0 Å². The number of amides is 2. The third kappa shape index (κ3) is 15.7. The van der Waals surface area contributed by atoms with Gasteiger partial charge in [-0.05, 0) is 26.2 Å². The molecule has 24 heavy (non-hydrogen) atoms. The van der Waals surface area contributed by atoms with E-state index >= 15 is 0 Å². The van der Waals surface area contributed by atoms with Crippen LogP contribution in [-0.4, -0.2) is 64.5 Å². The molecule has 0 unspecified atom stereocenters. The fourth-order valence-electron chi connectivity index (χ4n) is 1.75. The fourth-order valence-corrected chi connectivity index (χ4v) is 1.75. The predicted octanol–water partition coefficient (Wildman–Crippen LogP) is 1.11. The highest BCUT2D eigenvalue weighted by Crippen LogP contribution is 1.96. The number of nitrogens with one attached hydrogen (secondary N) is 2. The lowest BCUT2D eigenvalue weighted by Gasteiger charge is -2.08. The van der Waals surface area contributed by atoms with E-state index in [1.807, 2.05) is 20.8 Å². The number of hydrogen-bond acceptors (Lipinski definition) is 5. The molecule has 2 amide bonds. The molecule has 0 aromatic heterocycles. The Balaban J connectivity index is 3.15. The highest BCUT2D eigenvalue weighted by Gasteiger charge is 2.04. The Labute approximate surface area is 145 Å². The monoisotopic (exact) mass is 346 g/mol. The summed E-state index contributed by atoms with van der Waals surface area (Å²) in [4.78, 5) is 22.5. The van der Waals surface area contributed by atoms with Crippen molar-refractivity contribution in [2.24, 2.45) is 5.92 Å². The maximum absolute atomic E-state index is 11.3. The van der Waals surface area contributed by atoms with Gasteiger partial charge in [-0.25, -0.2) is 0 Å². The average Bonchev–Trinajstić information content (AvgIpc) is 2.56. The third-order valence-corrected chi connectivity index (χ3v) is 3.15. The van der Waals surface area contributed by atoms with Gasteiger partial charge in [0.15, 0.2) is 0 Å². The van der Waals surface area contributed by atoms with Gasteiger partial charge in [0.25, 0.3) is 0 Å². The highest BCUT2D eigenvalue weighted by atomic mass is 16.5. The molecule has 142 valence electrons. The maximum Gasteiger partial charge on any atom is 0.246 e. The van der Waals surface area contributed by atoms with Crippen LogP contribution in [0.4, 0.5) is 0 Å². The van der Waals surface area contributed by atoms with Gasteiger partial charge in [-0.3, -0.25) is 9.59 Å². The van der Waals surface area contributed by atoms with Gasteiger partial charge in [-0.1, -0.05) is 13.8 Å². The van der Waals surface area contributed by atoms with Gasteiger partial charge >= 0.3 is 0 Å². The number of unbranched alkanes of at least 4 members (excludes halogenated alkanes) is 2. The molecule has 7 nitrogen and oxygen atoms in total. The zero-order valence-electron chi connectivity index (χ0n) is 15.4. The molecule has 0 saturated carbocycles. The zero-order valence-corrected chi connectivity index (χ0v) is 15.4. The molecular weight excluding hydrogens is 312 g/mol. The highest BCUT2D eigenvalue weighted by molar-refractivity contribution is 5.77. The molecule has 7 heteroatoms. The van der Waals surface area contributed by atoms with Gasteiger partial charge < -0.3 is 24.8 Å². The van der Waals surface area contributed by atoms with Crippen molar-refractivity contribution in [3.05, 3.63) is 0 Å². The lowest BCUT2D eigenvalue weighted by molar-refractivity contribution is -0.126. The first kappa shape index (κ1) is 22.8. The molecule has 0 rings (SSSR count). The van der Waals surface area contributed by atoms with Gasteiger partial charge in [-0.2, -0.15) is 0 Å². The normalized spacial score (nSPS) is 10.8. The minimum Gasteiger partial charge on any atom is -0.380 e. The van der Waals surface area contributed by atoms with E-state index in [-0.39, 0.29) is 24.3 Å². The molecule has 0 aliphatic heterocycles. The van der Waals surface area contributed by atoms with E-state index in [1.165, 1.54) is 0 Å². The van der Waals surface area contributed by atoms with Gasteiger partial charge in [-0.15, -0.1) is 0 Å². The van der Waals surface area contributed by atoms with E-state index in [0.717, 1.165) is 19.3 Å². The standard InChI is InChI=1S/C17H34N2O5/c1-4-22-14-16(20)18-8-12-23-10-6-5-7-11-24-13-9-19-17(21)15(2)3/h15H,4-14H2,1-3H3,(H,18,20)(H,19,21). The van der Waals surface area contributed by atoms with Gasteiger partial charge in [0.1, 0.15) is 6.61 Å². The van der Waals surface area contributed by atoms with Crippen LogP contribution in [0.5, 0.6) is 0 Å². The van der Waals surface area contributed by atoms with Crippen molar-refractivity contribution in [1.82, 2.24) is 10.6 Å². The van der Waals surface area contributed by atoms with Crippen LogP contribution in [0.2, 0.25) is 0 Å². The van der Waals surface area contributed by atoms with Crippen LogP contribution in [0.25, 0.3) is 0 Å². The molecule has 0 bridgehead atoms. The number of carbonyl (C=O) groups is 2. The summed E-state index contributed by atoms with van der Waals surface area (Å²) in [6.45, 7) is 9.77. The number of rotatable bonds is 16. The van der Waals surface area contributed by atoms with E-state index in [0.29, 0.717) is 46.1 Å². The smallest absolute Gasteiger partial charge is 0.246 e. The maximum atomic E-state index is 11.3. The van der Waals surface area contributed by atoms with Gasteiger partial charge in [0.05, 0.1) is 13.2 Å². The lowest BCUT2D eigenvalue weighted by Crippen LogP contribution is -2.30. The van der Waals surface area contributed by atoms with Crippen LogP contribution >= 0.6 is 0 Å². The number of carbonyl (C=O) groups excluding carboxylic acids is 2. The molecule has 0 aromatic carbocycles. The molecule has 0 spiro atoms. The Hall–Kier alpha value is -1.18. The molecule has 0 atom stereocenters. The van der Waals surface area contributed by atoms with Crippen molar-refractivity contribution < 1.29 is 23.8 Å². The molecule has 0 fully saturated rings. The molecule has 0 aliphatic rings. The van der Waals surface area contributed by atoms with Crippen LogP contribution in [-0.2, 0) is 23.8 Å². The third-order valence-electron chi connectivity index (χ3n) is 3.15. The Morgan fingerprint density at radius 3 is 1.96 bits per heavy atom. The fraction of sp³-hybridized carbons (Fsp3) is 0.882. The minimum absolute atomic E-state index is 0.0167. The Morgan fingerprint density at radius 2 is 1.42 bits per heavy atom. The Kier molecular flexibility index (Phi) is 15.9. The van der Waals surface area contributed by atoms with E-state index < -0.39 is 0 Å². The molecule has 0 heterocycles. The summed E-state index contributed by atoms with van der Waals surface area (Å²) >= 11 is 0. The van der Waals surface area contributed by atoms with Crippen LogP contribution in [0, 0.1) is 5.92 Å². The number of ether oxygens (including phenoxy) is 3. The summed E-state index contributed by atoms with van der Waals surface area (Å²) in [5.74, 6) is -0.0324. The first-order valence-electron chi connectivity index (χ1n) is 8.85. The summed E-state index contributed by atoms with van der Waals surface area (Å²) in [6.07, 6.45) is 2.99. The van der Waals surface area contributed by atoms with Crippen LogP contribution < -0.4 is 10.6 Å². The largest absolute Gasteiger partial charge is 0.380 e. The Bertz CT molecular complexity index is 324. The summed E-state index contributed by atoms with van der Waals surface area (Å²) in [7, 11) is 0. The minimum atomic E-state index is -0.109. The SMILES string of the molecule is CCOCC(=O)NCCOCCCCCOCCNC(=O)C(C)C. The summed E-state index contributed by atoms with van der Waals surface area (Å²) in [5.41, 5.74) is 0. The second-order valence-corrected chi connectivity index (χ2v) is 5.72. The summed E-state index contributed by atoms with van der Waals surface area (Å²) < 4.78 is 15.9. The first-order valence-corrected chi connectivity index (χ1v) is 8.85. The second-order valence-electron chi connectivity index (χ2n) is 5.72. The predicted molar refractivity (Wildman–Crippen MR) is 92.8 cm³/mol. The van der Waals surface area contributed by atoms with E-state index in [1.54, 1.807) is 0 Å². The van der Waals surface area contributed by atoms with Crippen molar-refractivity contribution in [2.75, 3.05) is 52.7 Å². The van der Waals surface area contributed by atoms with E-state index in [2.05, 4.69) is 10.6 Å². The number of hydrogen-bond donors (Lipinski definition) is 2. The molecule has 0 saturated heterocycles. The lowest BCUT2D eigenvalue weighted by atomic mass is 10.2. The van der Waals surface area contributed by atoms with E-state index in [9.17, 15) is 9.59 Å². The second kappa shape index (κ2) is 16.7. The Morgan fingerprint density at radius 1 is 0.833 bits per heavy atom. The molecule has 0 radical (unpaired) electrons. The van der Waals surface area contributed by atoms with Crippen LogP contribution in [0.15, 0.2) is 0 Å². The molecular formula is C17H34N2O5. The summed E-state index contributed by atoms with van der Waals surface area (Å²) in [6, 6.07) is 0. The summed E-state index contributed by atoms with van der Waals surface area (Å²) in [5, 5.41) is 5.53. The van der Waals surface area contributed by atoms with Crippen molar-refractivity contribution in [1.29, 1.82) is 0 Å². The quantitative estimate of drug-likeness (QED) is 0.409. The van der Waals surface area contributed by atoms with Crippen molar-refractivity contribution in [3.8, 4) is 0 Å². The van der Waals surface area contributed by atoms with E-state index in [4.69, 9.17) is 14.2 Å².